The molecule has 1 N–H and O–H groups in total. The fourth-order valence-corrected chi connectivity index (χ4v) is 4.84. The maximum Gasteiger partial charge on any atom is 0.325 e. The minimum atomic E-state index is -0.847. The molecular weight excluding hydrogens is 392 g/mol. The Labute approximate surface area is 174 Å². The predicted molar refractivity (Wildman–Crippen MR) is 111 cm³/mol. The van der Waals surface area contributed by atoms with E-state index in [1.165, 1.54) is 0 Å². The van der Waals surface area contributed by atoms with Crippen molar-refractivity contribution < 1.29 is 14.4 Å². The SMILES string of the molecule is CC(C)CN1C(=O)NC(=O)C12CCN(C(=O)c1cc3cccc(Cl)c3n1C)CC2. The van der Waals surface area contributed by atoms with Crippen molar-refractivity contribution in [3.8, 4) is 0 Å². The highest BCUT2D eigenvalue weighted by molar-refractivity contribution is 6.35. The normalized spacial score (nSPS) is 18.9. The van der Waals surface area contributed by atoms with E-state index >= 15 is 0 Å². The van der Waals surface area contributed by atoms with Crippen LogP contribution in [0, 0.1) is 5.92 Å². The van der Waals surface area contributed by atoms with Gasteiger partial charge in [0.15, 0.2) is 0 Å². The van der Waals surface area contributed by atoms with E-state index in [-0.39, 0.29) is 23.8 Å². The lowest BCUT2D eigenvalue weighted by atomic mass is 9.85. The number of fused-ring (bicyclic) bond motifs is 1. The summed E-state index contributed by atoms with van der Waals surface area (Å²) in [5.41, 5.74) is 0.547. The van der Waals surface area contributed by atoms with Crippen LogP contribution in [0.3, 0.4) is 0 Å². The summed E-state index contributed by atoms with van der Waals surface area (Å²) in [5, 5.41) is 3.99. The molecular formula is C21H25ClN4O3. The molecule has 154 valence electrons. The Bertz CT molecular complexity index is 1000. The van der Waals surface area contributed by atoms with E-state index in [0.29, 0.717) is 43.2 Å². The number of urea groups is 1. The molecule has 0 radical (unpaired) electrons. The quantitative estimate of drug-likeness (QED) is 0.781. The highest BCUT2D eigenvalue weighted by Crippen LogP contribution is 2.35. The van der Waals surface area contributed by atoms with Crippen molar-refractivity contribution in [1.82, 2.24) is 19.7 Å². The Morgan fingerprint density at radius 2 is 1.93 bits per heavy atom. The second-order valence-electron chi connectivity index (χ2n) is 8.35. The molecule has 1 spiro atoms. The van der Waals surface area contributed by atoms with Crippen LogP contribution in [0.15, 0.2) is 24.3 Å². The van der Waals surface area contributed by atoms with Crippen LogP contribution in [0.2, 0.25) is 5.02 Å². The molecule has 1 aromatic heterocycles. The predicted octanol–water partition coefficient (Wildman–Crippen LogP) is 3.01. The number of nitrogens with one attached hydrogen (secondary N) is 1. The molecule has 2 saturated heterocycles. The molecule has 8 heteroatoms. The number of hydrogen-bond donors (Lipinski definition) is 1. The minimum absolute atomic E-state index is 0.0882. The molecule has 2 aromatic rings. The Morgan fingerprint density at radius 1 is 1.24 bits per heavy atom. The number of carbonyl (C=O) groups is 3. The van der Waals surface area contributed by atoms with Gasteiger partial charge in [-0.2, -0.15) is 0 Å². The smallest absolute Gasteiger partial charge is 0.325 e. The summed E-state index contributed by atoms with van der Waals surface area (Å²) in [4.78, 5) is 41.5. The Kier molecular flexibility index (Phi) is 4.81. The van der Waals surface area contributed by atoms with Gasteiger partial charge >= 0.3 is 6.03 Å². The van der Waals surface area contributed by atoms with E-state index in [1.807, 2.05) is 49.7 Å². The Balaban J connectivity index is 1.56. The fourth-order valence-electron chi connectivity index (χ4n) is 4.53. The van der Waals surface area contributed by atoms with E-state index < -0.39 is 5.54 Å². The summed E-state index contributed by atoms with van der Waals surface area (Å²) >= 11 is 6.31. The van der Waals surface area contributed by atoms with Gasteiger partial charge in [-0.3, -0.25) is 14.9 Å². The molecule has 0 aliphatic carbocycles. The zero-order valence-electron chi connectivity index (χ0n) is 16.9. The number of aryl methyl sites for hydroxylation is 1. The van der Waals surface area contributed by atoms with Crippen LogP contribution in [0.25, 0.3) is 10.9 Å². The number of rotatable bonds is 3. The first-order valence-corrected chi connectivity index (χ1v) is 10.3. The summed E-state index contributed by atoms with van der Waals surface area (Å²) in [6, 6.07) is 7.13. The monoisotopic (exact) mass is 416 g/mol. The highest BCUT2D eigenvalue weighted by atomic mass is 35.5. The van der Waals surface area contributed by atoms with E-state index in [0.717, 1.165) is 10.9 Å². The number of hydrogen-bond acceptors (Lipinski definition) is 3. The molecule has 2 aliphatic rings. The number of imide groups is 1. The molecule has 0 saturated carbocycles. The average molecular weight is 417 g/mol. The average Bonchev–Trinajstić information content (AvgIpc) is 3.12. The Morgan fingerprint density at radius 3 is 2.55 bits per heavy atom. The van der Waals surface area contributed by atoms with Gasteiger partial charge in [-0.15, -0.1) is 0 Å². The second kappa shape index (κ2) is 7.06. The van der Waals surface area contributed by atoms with E-state index in [2.05, 4.69) is 5.32 Å². The number of halogens is 1. The van der Waals surface area contributed by atoms with Gasteiger partial charge in [0.25, 0.3) is 11.8 Å². The van der Waals surface area contributed by atoms with Gasteiger partial charge in [0, 0.05) is 32.1 Å². The molecule has 29 heavy (non-hydrogen) atoms. The first-order chi connectivity index (χ1) is 13.7. The lowest BCUT2D eigenvalue weighted by Crippen LogP contribution is -2.58. The van der Waals surface area contributed by atoms with Crippen molar-refractivity contribution in [3.05, 3.63) is 35.0 Å². The Hall–Kier alpha value is -2.54. The molecule has 4 rings (SSSR count). The van der Waals surface area contributed by atoms with E-state index in [9.17, 15) is 14.4 Å². The summed E-state index contributed by atoms with van der Waals surface area (Å²) < 4.78 is 1.82. The fraction of sp³-hybridized carbons (Fsp3) is 0.476. The van der Waals surface area contributed by atoms with Gasteiger partial charge < -0.3 is 14.4 Å². The number of nitrogens with zero attached hydrogens (tertiary/aromatic N) is 3. The van der Waals surface area contributed by atoms with Crippen molar-refractivity contribution in [1.29, 1.82) is 0 Å². The zero-order valence-corrected chi connectivity index (χ0v) is 17.6. The lowest BCUT2D eigenvalue weighted by Gasteiger charge is -2.42. The summed E-state index contributed by atoms with van der Waals surface area (Å²) in [5.74, 6) is -0.0786. The molecule has 0 bridgehead atoms. The summed E-state index contributed by atoms with van der Waals surface area (Å²) in [7, 11) is 1.83. The van der Waals surface area contributed by atoms with Gasteiger partial charge in [-0.25, -0.2) is 4.79 Å². The number of benzene rings is 1. The van der Waals surface area contributed by atoms with Gasteiger partial charge in [0.2, 0.25) is 0 Å². The maximum atomic E-state index is 13.2. The second-order valence-corrected chi connectivity index (χ2v) is 8.76. The van der Waals surface area contributed by atoms with Gasteiger partial charge in [-0.1, -0.05) is 37.6 Å². The molecule has 2 aliphatic heterocycles. The van der Waals surface area contributed by atoms with Crippen LogP contribution in [0.4, 0.5) is 4.79 Å². The number of amides is 4. The number of para-hydroxylation sites is 1. The van der Waals surface area contributed by atoms with Crippen molar-refractivity contribution in [3.63, 3.8) is 0 Å². The number of likely N-dealkylation sites (tertiary alicyclic amines) is 1. The van der Waals surface area contributed by atoms with Gasteiger partial charge in [0.1, 0.15) is 11.2 Å². The molecule has 2 fully saturated rings. The third-order valence-corrected chi connectivity index (χ3v) is 6.36. The van der Waals surface area contributed by atoms with Gasteiger partial charge in [-0.05, 0) is 30.9 Å². The molecule has 4 amide bonds. The largest absolute Gasteiger partial charge is 0.338 e. The topological polar surface area (TPSA) is 74.7 Å². The maximum absolute atomic E-state index is 13.2. The van der Waals surface area contributed by atoms with E-state index in [4.69, 9.17) is 11.6 Å². The van der Waals surface area contributed by atoms with Crippen LogP contribution < -0.4 is 5.32 Å². The molecule has 7 nitrogen and oxygen atoms in total. The highest BCUT2D eigenvalue weighted by Gasteiger charge is 2.54. The van der Waals surface area contributed by atoms with Gasteiger partial charge in [0.05, 0.1) is 10.5 Å². The van der Waals surface area contributed by atoms with Crippen LogP contribution in [-0.4, -0.2) is 57.4 Å². The third-order valence-electron chi connectivity index (χ3n) is 6.06. The third kappa shape index (κ3) is 3.08. The van der Waals surface area contributed by atoms with Crippen molar-refractivity contribution in [2.75, 3.05) is 19.6 Å². The van der Waals surface area contributed by atoms with Crippen molar-refractivity contribution >= 4 is 40.3 Å². The van der Waals surface area contributed by atoms with Crippen LogP contribution in [0.1, 0.15) is 37.2 Å². The number of piperidine rings is 1. The van der Waals surface area contributed by atoms with Crippen LogP contribution >= 0.6 is 11.6 Å². The first kappa shape index (κ1) is 19.8. The zero-order chi connectivity index (χ0) is 20.9. The number of carbonyl (C=O) groups excluding carboxylic acids is 3. The molecule has 3 heterocycles. The summed E-state index contributed by atoms with van der Waals surface area (Å²) in [6.45, 7) is 5.40. The summed E-state index contributed by atoms with van der Waals surface area (Å²) in [6.07, 6.45) is 0.876. The molecule has 0 unspecified atom stereocenters. The molecule has 0 atom stereocenters. The first-order valence-electron chi connectivity index (χ1n) is 9.91. The van der Waals surface area contributed by atoms with E-state index in [1.54, 1.807) is 9.80 Å². The number of aromatic nitrogens is 1. The van der Waals surface area contributed by atoms with Crippen LogP contribution in [0.5, 0.6) is 0 Å². The van der Waals surface area contributed by atoms with Crippen LogP contribution in [-0.2, 0) is 11.8 Å². The lowest BCUT2D eigenvalue weighted by molar-refractivity contribution is -0.129. The van der Waals surface area contributed by atoms with Crippen molar-refractivity contribution in [2.45, 2.75) is 32.2 Å². The van der Waals surface area contributed by atoms with Crippen molar-refractivity contribution in [2.24, 2.45) is 13.0 Å². The minimum Gasteiger partial charge on any atom is -0.338 e. The molecule has 1 aromatic carbocycles. The standard InChI is InChI=1S/C21H25ClN4O3/c1-13(2)12-26-20(29)23-19(28)21(26)7-9-25(10-8-21)18(27)16-11-14-5-4-6-15(22)17(14)24(16)3/h4-6,11,13H,7-10,12H2,1-3H3,(H,23,28,29).